The van der Waals surface area contributed by atoms with Crippen molar-refractivity contribution in [3.63, 3.8) is 0 Å². The lowest BCUT2D eigenvalue weighted by atomic mass is 10.1. The predicted molar refractivity (Wildman–Crippen MR) is 161 cm³/mol. The molecule has 0 radical (unpaired) electrons. The molecule has 0 saturated carbocycles. The quantitative estimate of drug-likeness (QED) is 0.378. The molecular formula is C29H41Cl2N5O2. The van der Waals surface area contributed by atoms with Crippen molar-refractivity contribution in [3.8, 4) is 0 Å². The van der Waals surface area contributed by atoms with E-state index in [9.17, 15) is 4.79 Å². The molecule has 1 atom stereocenters. The van der Waals surface area contributed by atoms with Gasteiger partial charge in [-0.3, -0.25) is 4.79 Å². The number of nitrogens with zero attached hydrogens (tertiary/aromatic N) is 4. The van der Waals surface area contributed by atoms with Gasteiger partial charge in [-0.2, -0.15) is 0 Å². The molecule has 2 fully saturated rings. The van der Waals surface area contributed by atoms with Crippen LogP contribution in [-0.4, -0.2) is 58.9 Å². The first-order chi connectivity index (χ1) is 18.4. The van der Waals surface area contributed by atoms with Crippen LogP contribution in [0.25, 0.3) is 11.0 Å². The number of aromatic nitrogens is 2. The van der Waals surface area contributed by atoms with Gasteiger partial charge in [0.2, 0.25) is 0 Å². The van der Waals surface area contributed by atoms with Crippen LogP contribution in [-0.2, 0) is 7.05 Å². The van der Waals surface area contributed by atoms with E-state index in [1.54, 1.807) is 18.3 Å². The maximum atomic E-state index is 12.6. The zero-order valence-electron chi connectivity index (χ0n) is 23.0. The van der Waals surface area contributed by atoms with Crippen molar-refractivity contribution < 1.29 is 5.11 Å². The number of anilines is 2. The van der Waals surface area contributed by atoms with Gasteiger partial charge < -0.3 is 24.8 Å². The van der Waals surface area contributed by atoms with Crippen LogP contribution in [0.4, 0.5) is 11.5 Å². The fourth-order valence-corrected chi connectivity index (χ4v) is 5.23. The molecule has 2 aliphatic rings. The van der Waals surface area contributed by atoms with E-state index in [0.29, 0.717) is 27.7 Å². The van der Waals surface area contributed by atoms with Crippen LogP contribution in [0.5, 0.6) is 0 Å². The summed E-state index contributed by atoms with van der Waals surface area (Å²) in [4.78, 5) is 21.9. The standard InChI is InChI=1S/C20H20Cl2N4O.C7H15NO.C2H6/c1-12(14-5-4-13(21)10-15(14)22)23-16-11-18(26-7-3-8-26)24-20-19(16)17(27)6-9-25(20)2;9-7-6-8-4-2-1-3-5-8;1-2/h4-6,9-12H,3,7-8H2,1-2H3,(H,23,24);9H,1-7H2;1-2H3. The summed E-state index contributed by atoms with van der Waals surface area (Å²) >= 11 is 12.4. The van der Waals surface area contributed by atoms with E-state index in [1.807, 2.05) is 50.6 Å². The van der Waals surface area contributed by atoms with Crippen molar-refractivity contribution in [1.82, 2.24) is 14.5 Å². The molecule has 4 heterocycles. The van der Waals surface area contributed by atoms with E-state index >= 15 is 0 Å². The molecule has 5 rings (SSSR count). The van der Waals surface area contributed by atoms with Crippen molar-refractivity contribution in [2.75, 3.05) is 49.5 Å². The van der Waals surface area contributed by atoms with Gasteiger partial charge in [-0.05, 0) is 57.0 Å². The second-order valence-electron chi connectivity index (χ2n) is 9.52. The Balaban J connectivity index is 0.000000307. The average molecular weight is 563 g/mol. The lowest BCUT2D eigenvalue weighted by Crippen LogP contribution is -2.37. The fourth-order valence-electron chi connectivity index (χ4n) is 4.66. The number of aryl methyl sites for hydroxylation is 1. The number of halogens is 2. The number of nitrogens with one attached hydrogen (secondary N) is 1. The van der Waals surface area contributed by atoms with Crippen LogP contribution in [0.15, 0.2) is 41.3 Å². The van der Waals surface area contributed by atoms with Gasteiger partial charge in [-0.15, -0.1) is 0 Å². The van der Waals surface area contributed by atoms with E-state index in [4.69, 9.17) is 33.3 Å². The van der Waals surface area contributed by atoms with Gasteiger partial charge in [0.25, 0.3) is 0 Å². The second-order valence-corrected chi connectivity index (χ2v) is 10.4. The molecule has 0 bridgehead atoms. The van der Waals surface area contributed by atoms with Crippen LogP contribution in [0.1, 0.15) is 58.1 Å². The number of piperidine rings is 1. The van der Waals surface area contributed by atoms with Gasteiger partial charge >= 0.3 is 0 Å². The Bertz CT molecular complexity index is 1240. The maximum absolute atomic E-state index is 12.6. The third-order valence-electron chi connectivity index (χ3n) is 6.86. The highest BCUT2D eigenvalue weighted by atomic mass is 35.5. The van der Waals surface area contributed by atoms with Crippen LogP contribution < -0.4 is 15.6 Å². The highest BCUT2D eigenvalue weighted by Gasteiger charge is 2.21. The van der Waals surface area contributed by atoms with Gasteiger partial charge in [0.15, 0.2) is 5.43 Å². The number of aliphatic hydroxyl groups excluding tert-OH is 1. The lowest BCUT2D eigenvalue weighted by molar-refractivity contribution is 0.173. The van der Waals surface area contributed by atoms with E-state index in [2.05, 4.69) is 15.1 Å². The number of hydrogen-bond acceptors (Lipinski definition) is 6. The van der Waals surface area contributed by atoms with Gasteiger partial charge in [0.05, 0.1) is 23.7 Å². The van der Waals surface area contributed by atoms with Crippen molar-refractivity contribution >= 4 is 45.7 Å². The molecule has 0 aliphatic carbocycles. The number of rotatable bonds is 6. The number of pyridine rings is 2. The molecule has 208 valence electrons. The van der Waals surface area contributed by atoms with Crippen molar-refractivity contribution in [2.24, 2.45) is 7.05 Å². The fraction of sp³-hybridized carbons (Fsp3) is 0.517. The van der Waals surface area contributed by atoms with Crippen LogP contribution in [0.2, 0.25) is 10.0 Å². The van der Waals surface area contributed by atoms with Crippen molar-refractivity contribution in [3.05, 3.63) is 62.4 Å². The van der Waals surface area contributed by atoms with Gasteiger partial charge in [-0.1, -0.05) is 49.5 Å². The minimum atomic E-state index is -0.102. The Morgan fingerprint density at radius 3 is 2.34 bits per heavy atom. The summed E-state index contributed by atoms with van der Waals surface area (Å²) < 4.78 is 1.88. The summed E-state index contributed by atoms with van der Waals surface area (Å²) in [5.41, 5.74) is 2.30. The smallest absolute Gasteiger partial charge is 0.193 e. The first kappa shape index (κ1) is 30.2. The zero-order valence-corrected chi connectivity index (χ0v) is 24.5. The highest BCUT2D eigenvalue weighted by molar-refractivity contribution is 6.35. The van der Waals surface area contributed by atoms with Gasteiger partial charge in [-0.25, -0.2) is 4.98 Å². The predicted octanol–water partition coefficient (Wildman–Crippen LogP) is 6.11. The molecule has 3 aromatic rings. The summed E-state index contributed by atoms with van der Waals surface area (Å²) in [6.07, 6.45) is 6.93. The summed E-state index contributed by atoms with van der Waals surface area (Å²) in [6.45, 7) is 11.6. The monoisotopic (exact) mass is 561 g/mol. The second kappa shape index (κ2) is 14.7. The van der Waals surface area contributed by atoms with Gasteiger partial charge in [0.1, 0.15) is 11.5 Å². The van der Waals surface area contributed by atoms with Crippen LogP contribution in [0.3, 0.4) is 0 Å². The first-order valence-corrected chi connectivity index (χ1v) is 14.4. The number of aliphatic hydroxyl groups is 1. The third kappa shape index (κ3) is 7.63. The number of β-amino-alcohol motifs (C(OH)–C–C–N with tert-alkyl or cyclic N) is 1. The maximum Gasteiger partial charge on any atom is 0.193 e. The molecule has 0 amide bonds. The molecule has 7 nitrogen and oxygen atoms in total. The molecule has 2 aromatic heterocycles. The number of hydrogen-bond donors (Lipinski definition) is 2. The van der Waals surface area contributed by atoms with Crippen LogP contribution >= 0.6 is 23.2 Å². The summed E-state index contributed by atoms with van der Waals surface area (Å²) in [5, 5.41) is 13.8. The first-order valence-electron chi connectivity index (χ1n) is 13.7. The van der Waals surface area contributed by atoms with E-state index in [1.165, 1.54) is 32.4 Å². The molecule has 2 saturated heterocycles. The van der Waals surface area contributed by atoms with Crippen LogP contribution in [0, 0.1) is 0 Å². The minimum Gasteiger partial charge on any atom is -0.395 e. The summed E-state index contributed by atoms with van der Waals surface area (Å²) in [7, 11) is 1.90. The number of fused-ring (bicyclic) bond motifs is 1. The minimum absolute atomic E-state index is 0.0531. The average Bonchev–Trinajstić information content (AvgIpc) is 2.87. The van der Waals surface area contributed by atoms with Gasteiger partial charge in [0, 0.05) is 55.1 Å². The molecule has 38 heavy (non-hydrogen) atoms. The highest BCUT2D eigenvalue weighted by Crippen LogP contribution is 2.32. The normalized spacial score (nSPS) is 16.0. The SMILES string of the molecule is CC.CC(Nc1cc(N2CCC2)nc2c1c(=O)ccn2C)c1ccc(Cl)cc1Cl.OCCN1CCCCC1. The summed E-state index contributed by atoms with van der Waals surface area (Å²) in [5.74, 6) is 0.881. The Hall–Kier alpha value is -2.32. The molecule has 0 spiro atoms. The van der Waals surface area contributed by atoms with Crippen molar-refractivity contribution in [2.45, 2.75) is 52.5 Å². The van der Waals surface area contributed by atoms with E-state index in [0.717, 1.165) is 43.1 Å². The molecular weight excluding hydrogens is 521 g/mol. The molecule has 1 aromatic carbocycles. The topological polar surface area (TPSA) is 73.6 Å². The van der Waals surface area contributed by atoms with E-state index < -0.39 is 0 Å². The largest absolute Gasteiger partial charge is 0.395 e. The summed E-state index contributed by atoms with van der Waals surface area (Å²) in [6, 6.07) is 8.87. The third-order valence-corrected chi connectivity index (χ3v) is 7.43. The number of likely N-dealkylation sites (tertiary alicyclic amines) is 1. The lowest BCUT2D eigenvalue weighted by Gasteiger charge is -2.32. The number of benzene rings is 1. The zero-order chi connectivity index (χ0) is 27.7. The Kier molecular flexibility index (Phi) is 11.7. The molecule has 2 N–H and O–H groups in total. The molecule has 1 unspecified atom stereocenters. The Morgan fingerprint density at radius 1 is 1.03 bits per heavy atom. The molecule has 2 aliphatic heterocycles. The van der Waals surface area contributed by atoms with Crippen molar-refractivity contribution in [1.29, 1.82) is 0 Å². The van der Waals surface area contributed by atoms with E-state index in [-0.39, 0.29) is 11.5 Å². The molecule has 9 heteroatoms. The Morgan fingerprint density at radius 2 is 1.74 bits per heavy atom. The Labute approximate surface area is 236 Å².